The largest absolute Gasteiger partial charge is 0.358 e. The molecule has 136 valence electrons. The summed E-state index contributed by atoms with van der Waals surface area (Å²) in [5, 5.41) is 4.85. The van der Waals surface area contributed by atoms with Gasteiger partial charge in [0.2, 0.25) is 0 Å². The van der Waals surface area contributed by atoms with Crippen LogP contribution in [-0.2, 0) is 9.59 Å². The Morgan fingerprint density at radius 3 is 2.84 bits per heavy atom. The van der Waals surface area contributed by atoms with Gasteiger partial charge in [-0.05, 0) is 24.8 Å². The van der Waals surface area contributed by atoms with E-state index in [2.05, 4.69) is 36.2 Å². The van der Waals surface area contributed by atoms with E-state index >= 15 is 0 Å². The molecule has 1 aliphatic rings. The summed E-state index contributed by atoms with van der Waals surface area (Å²) in [4.78, 5) is 41.1. The molecule has 0 spiro atoms. The molecule has 1 unspecified atom stereocenters. The van der Waals surface area contributed by atoms with Crippen LogP contribution < -0.4 is 10.9 Å². The Balaban J connectivity index is 0.000000701. The number of H-pyrrole nitrogens is 1. The van der Waals surface area contributed by atoms with Gasteiger partial charge in [0.1, 0.15) is 5.39 Å². The molecule has 25 heavy (non-hydrogen) atoms. The quantitative estimate of drug-likeness (QED) is 0.768. The highest BCUT2D eigenvalue weighted by Gasteiger charge is 2.26. The number of piperidine rings is 1. The van der Waals surface area contributed by atoms with Gasteiger partial charge in [-0.2, -0.15) is 5.16 Å². The number of hydrogen-bond acceptors (Lipinski definition) is 5. The van der Waals surface area contributed by atoms with Gasteiger partial charge in [0.25, 0.3) is 11.3 Å². The fourth-order valence-corrected chi connectivity index (χ4v) is 2.62. The van der Waals surface area contributed by atoms with Gasteiger partial charge in [0, 0.05) is 13.1 Å². The maximum absolute atomic E-state index is 12.1. The molecule has 2 aromatic rings. The highest BCUT2D eigenvalue weighted by Crippen LogP contribution is 2.16. The minimum absolute atomic E-state index is 0.152. The van der Waals surface area contributed by atoms with E-state index in [4.69, 9.17) is 4.52 Å². The normalized spacial score (nSPS) is 16.9. The monoisotopic (exact) mass is 348 g/mol. The van der Waals surface area contributed by atoms with Crippen LogP contribution in [-0.4, -0.2) is 39.9 Å². The standard InChI is InChI=1S/C14H16N4O4.C3H8/c1-8-3-2-4-18(7-8)14(21)12(20)16-9-5-10-11(19)17-22-13(10)15-6-9;1-3-2/h5-6,8H,2-4,7H2,1H3,(H,16,20)(H,17,19);3H2,1-2H3. The second kappa shape index (κ2) is 8.46. The van der Waals surface area contributed by atoms with Crippen LogP contribution in [0, 0.1) is 5.92 Å². The third kappa shape index (κ3) is 4.68. The van der Waals surface area contributed by atoms with Gasteiger partial charge in [0.15, 0.2) is 0 Å². The molecular weight excluding hydrogens is 324 g/mol. The number of amides is 2. The zero-order chi connectivity index (χ0) is 18.4. The van der Waals surface area contributed by atoms with E-state index in [-0.39, 0.29) is 16.8 Å². The molecule has 8 heteroatoms. The third-order valence-electron chi connectivity index (χ3n) is 3.73. The molecule has 2 N–H and O–H groups in total. The maximum atomic E-state index is 12.1. The molecule has 0 bridgehead atoms. The van der Waals surface area contributed by atoms with Crippen molar-refractivity contribution in [2.24, 2.45) is 5.92 Å². The van der Waals surface area contributed by atoms with Crippen molar-refractivity contribution < 1.29 is 14.1 Å². The first-order valence-corrected chi connectivity index (χ1v) is 8.53. The summed E-state index contributed by atoms with van der Waals surface area (Å²) in [6, 6.07) is 1.43. The van der Waals surface area contributed by atoms with Crippen LogP contribution in [0.4, 0.5) is 5.69 Å². The second-order valence-electron chi connectivity index (χ2n) is 6.27. The number of nitrogens with one attached hydrogen (secondary N) is 2. The highest BCUT2D eigenvalue weighted by molar-refractivity contribution is 6.39. The molecule has 3 rings (SSSR count). The van der Waals surface area contributed by atoms with Crippen molar-refractivity contribution in [2.75, 3.05) is 18.4 Å². The van der Waals surface area contributed by atoms with Gasteiger partial charge in [-0.15, -0.1) is 0 Å². The Kier molecular flexibility index (Phi) is 6.32. The van der Waals surface area contributed by atoms with Crippen LogP contribution in [0.25, 0.3) is 11.1 Å². The van der Waals surface area contributed by atoms with E-state index in [1.165, 1.54) is 18.7 Å². The van der Waals surface area contributed by atoms with Crippen molar-refractivity contribution in [2.45, 2.75) is 40.0 Å². The predicted molar refractivity (Wildman–Crippen MR) is 94.2 cm³/mol. The zero-order valence-corrected chi connectivity index (χ0v) is 14.8. The van der Waals surface area contributed by atoms with Crippen LogP contribution in [0.1, 0.15) is 40.0 Å². The lowest BCUT2D eigenvalue weighted by molar-refractivity contribution is -0.144. The Labute approximate surface area is 145 Å². The molecule has 3 heterocycles. The summed E-state index contributed by atoms with van der Waals surface area (Å²) in [5.74, 6) is -0.893. The van der Waals surface area contributed by atoms with E-state index in [1.807, 2.05) is 0 Å². The lowest BCUT2D eigenvalue weighted by atomic mass is 10.0. The Morgan fingerprint density at radius 1 is 1.44 bits per heavy atom. The Hall–Kier alpha value is -2.64. The molecule has 1 fully saturated rings. The number of rotatable bonds is 1. The van der Waals surface area contributed by atoms with Crippen molar-refractivity contribution in [1.29, 1.82) is 0 Å². The van der Waals surface area contributed by atoms with Crippen molar-refractivity contribution in [3.8, 4) is 0 Å². The number of anilines is 1. The number of pyridine rings is 1. The van der Waals surface area contributed by atoms with Crippen LogP contribution in [0.5, 0.6) is 0 Å². The molecule has 1 saturated heterocycles. The minimum atomic E-state index is -0.727. The molecule has 2 amide bonds. The van der Waals surface area contributed by atoms with E-state index in [1.54, 1.807) is 4.90 Å². The van der Waals surface area contributed by atoms with Crippen molar-refractivity contribution in [3.63, 3.8) is 0 Å². The highest BCUT2D eigenvalue weighted by atomic mass is 16.5. The lowest BCUT2D eigenvalue weighted by Crippen LogP contribution is -2.44. The van der Waals surface area contributed by atoms with Crippen molar-refractivity contribution >= 4 is 28.6 Å². The molecule has 0 aromatic carbocycles. The molecule has 0 aliphatic carbocycles. The van der Waals surface area contributed by atoms with Crippen LogP contribution >= 0.6 is 0 Å². The number of carbonyl (C=O) groups excluding carboxylic acids is 2. The van der Waals surface area contributed by atoms with E-state index < -0.39 is 17.4 Å². The summed E-state index contributed by atoms with van der Waals surface area (Å²) in [7, 11) is 0. The third-order valence-corrected chi connectivity index (χ3v) is 3.73. The average Bonchev–Trinajstić information content (AvgIpc) is 2.96. The van der Waals surface area contributed by atoms with Gasteiger partial charge in [0.05, 0.1) is 11.9 Å². The van der Waals surface area contributed by atoms with Gasteiger partial charge in [-0.1, -0.05) is 27.2 Å². The molecule has 2 aromatic heterocycles. The van der Waals surface area contributed by atoms with Gasteiger partial charge in [-0.3, -0.25) is 14.4 Å². The van der Waals surface area contributed by atoms with Crippen molar-refractivity contribution in [1.82, 2.24) is 15.0 Å². The second-order valence-corrected chi connectivity index (χ2v) is 6.27. The molecule has 1 aliphatic heterocycles. The summed E-state index contributed by atoms with van der Waals surface area (Å²) in [6.45, 7) is 7.49. The van der Waals surface area contributed by atoms with E-state index in [0.717, 1.165) is 12.8 Å². The van der Waals surface area contributed by atoms with Gasteiger partial charge < -0.3 is 14.7 Å². The topological polar surface area (TPSA) is 108 Å². The number of hydrogen-bond donors (Lipinski definition) is 2. The summed E-state index contributed by atoms with van der Waals surface area (Å²) < 4.78 is 4.83. The molecule has 8 nitrogen and oxygen atoms in total. The minimum Gasteiger partial charge on any atom is -0.358 e. The number of carbonyl (C=O) groups is 2. The fourth-order valence-electron chi connectivity index (χ4n) is 2.62. The number of nitrogens with zero attached hydrogens (tertiary/aromatic N) is 2. The van der Waals surface area contributed by atoms with Crippen LogP contribution in [0.2, 0.25) is 0 Å². The van der Waals surface area contributed by atoms with E-state index in [0.29, 0.717) is 19.0 Å². The summed E-state index contributed by atoms with van der Waals surface area (Å²) in [5.41, 5.74) is -0.00299. The molecular formula is C17H24N4O4. The van der Waals surface area contributed by atoms with Crippen molar-refractivity contribution in [3.05, 3.63) is 22.6 Å². The van der Waals surface area contributed by atoms with E-state index in [9.17, 15) is 14.4 Å². The number of likely N-dealkylation sites (tertiary alicyclic amines) is 1. The molecule has 0 radical (unpaired) electrons. The smallest absolute Gasteiger partial charge is 0.313 e. The first-order chi connectivity index (χ1) is 12.0. The number of fused-ring (bicyclic) bond motifs is 1. The Morgan fingerprint density at radius 2 is 2.16 bits per heavy atom. The lowest BCUT2D eigenvalue weighted by Gasteiger charge is -2.30. The number of aromatic nitrogens is 2. The SMILES string of the molecule is CC1CCCN(C(=O)C(=O)Nc2cnc3o[nH]c(=O)c3c2)C1.CCC. The predicted octanol–water partition coefficient (Wildman–Crippen LogP) is 2.13. The van der Waals surface area contributed by atoms with Gasteiger partial charge in [-0.25, -0.2) is 4.98 Å². The van der Waals surface area contributed by atoms with Gasteiger partial charge >= 0.3 is 11.8 Å². The zero-order valence-electron chi connectivity index (χ0n) is 14.8. The number of aromatic amines is 1. The average molecular weight is 348 g/mol. The first-order valence-electron chi connectivity index (χ1n) is 8.53. The molecule has 0 saturated carbocycles. The molecule has 1 atom stereocenters. The summed E-state index contributed by atoms with van der Waals surface area (Å²) >= 11 is 0. The maximum Gasteiger partial charge on any atom is 0.313 e. The van der Waals surface area contributed by atoms with Crippen LogP contribution in [0.3, 0.4) is 0 Å². The first kappa shape index (κ1) is 18.7. The summed E-state index contributed by atoms with van der Waals surface area (Å²) in [6.07, 6.45) is 4.55. The fraction of sp³-hybridized carbons (Fsp3) is 0.529. The Bertz CT molecular complexity index is 795. The van der Waals surface area contributed by atoms with Crippen LogP contribution in [0.15, 0.2) is 21.6 Å².